The van der Waals surface area contributed by atoms with E-state index in [1.54, 1.807) is 0 Å². The van der Waals surface area contributed by atoms with Crippen molar-refractivity contribution in [1.82, 2.24) is 0 Å². The van der Waals surface area contributed by atoms with E-state index in [0.717, 1.165) is 5.76 Å². The molecule has 0 saturated heterocycles. The van der Waals surface area contributed by atoms with Crippen LogP contribution >= 0.6 is 0 Å². The Bertz CT molecular complexity index is 166. The maximum Gasteiger partial charge on any atom is 0.225 e. The summed E-state index contributed by atoms with van der Waals surface area (Å²) in [6.07, 6.45) is 1.55. The predicted molar refractivity (Wildman–Crippen MR) is 57.0 cm³/mol. The molecule has 3 nitrogen and oxygen atoms in total. The van der Waals surface area contributed by atoms with E-state index >= 15 is 0 Å². The molecule has 2 unspecified atom stereocenters. The van der Waals surface area contributed by atoms with Gasteiger partial charge in [0.25, 0.3) is 0 Å². The van der Waals surface area contributed by atoms with Crippen LogP contribution in [0, 0.1) is 0 Å². The van der Waals surface area contributed by atoms with Gasteiger partial charge in [-0.05, 0) is 40.7 Å². The highest BCUT2D eigenvalue weighted by molar-refractivity contribution is 4.85. The van der Waals surface area contributed by atoms with E-state index in [1.807, 2.05) is 40.7 Å². The van der Waals surface area contributed by atoms with Gasteiger partial charge in [0.15, 0.2) is 0 Å². The van der Waals surface area contributed by atoms with Gasteiger partial charge in [-0.25, -0.2) is 0 Å². The molecule has 0 heterocycles. The number of rotatable bonds is 7. The first-order chi connectivity index (χ1) is 6.65. The van der Waals surface area contributed by atoms with Crippen molar-refractivity contribution in [2.45, 2.75) is 47.0 Å². The highest BCUT2D eigenvalue weighted by Gasteiger charge is 2.19. The molecule has 0 aliphatic carbocycles. The fourth-order valence-electron chi connectivity index (χ4n) is 1.02. The van der Waals surface area contributed by atoms with Gasteiger partial charge in [0.05, 0.1) is 5.76 Å². The zero-order chi connectivity index (χ0) is 11.0. The zero-order valence-electron chi connectivity index (χ0n) is 9.87. The van der Waals surface area contributed by atoms with Crippen LogP contribution in [0.2, 0.25) is 0 Å². The molecule has 14 heavy (non-hydrogen) atoms. The molecule has 0 N–H and O–H groups in total. The van der Waals surface area contributed by atoms with Crippen molar-refractivity contribution in [3.8, 4) is 0 Å². The van der Waals surface area contributed by atoms with Crippen LogP contribution in [-0.2, 0) is 14.2 Å². The highest BCUT2D eigenvalue weighted by Crippen LogP contribution is 2.10. The van der Waals surface area contributed by atoms with E-state index in [9.17, 15) is 0 Å². The smallest absolute Gasteiger partial charge is 0.225 e. The first-order valence-electron chi connectivity index (χ1n) is 5.18. The summed E-state index contributed by atoms with van der Waals surface area (Å²) in [6, 6.07) is 0. The molecule has 0 spiro atoms. The van der Waals surface area contributed by atoms with Gasteiger partial charge < -0.3 is 14.2 Å². The molecule has 0 aromatic rings. The lowest BCUT2D eigenvalue weighted by Gasteiger charge is -2.24. The molecule has 3 heteroatoms. The Kier molecular flexibility index (Phi) is 7.52. The average Bonchev–Trinajstić information content (AvgIpc) is 2.17. The van der Waals surface area contributed by atoms with E-state index in [2.05, 4.69) is 0 Å². The molecule has 84 valence electrons. The van der Waals surface area contributed by atoms with Crippen LogP contribution in [0.15, 0.2) is 11.8 Å². The maximum absolute atomic E-state index is 5.57. The van der Waals surface area contributed by atoms with E-state index in [0.29, 0.717) is 13.2 Å². The molecule has 0 aromatic carbocycles. The minimum atomic E-state index is -0.309. The van der Waals surface area contributed by atoms with Crippen molar-refractivity contribution in [3.63, 3.8) is 0 Å². The van der Waals surface area contributed by atoms with Gasteiger partial charge in [0.2, 0.25) is 6.29 Å². The molecule has 0 amide bonds. The molecule has 0 bridgehead atoms. The van der Waals surface area contributed by atoms with Gasteiger partial charge in [0, 0.05) is 13.2 Å². The van der Waals surface area contributed by atoms with Crippen LogP contribution in [0.5, 0.6) is 0 Å². The van der Waals surface area contributed by atoms with Gasteiger partial charge in [0.1, 0.15) is 6.10 Å². The molecule has 0 radical (unpaired) electrons. The van der Waals surface area contributed by atoms with Crippen LogP contribution in [0.1, 0.15) is 34.6 Å². The third-order valence-corrected chi connectivity index (χ3v) is 1.85. The molecule has 0 fully saturated rings. The molecule has 0 aromatic heterocycles. The molecular weight excluding hydrogens is 180 g/mol. The molecular formula is C11H22O3. The quantitative estimate of drug-likeness (QED) is 0.469. The van der Waals surface area contributed by atoms with Gasteiger partial charge in [-0.15, -0.1) is 0 Å². The normalized spacial score (nSPS) is 16.5. The predicted octanol–water partition coefficient (Wildman–Crippen LogP) is 2.71. The van der Waals surface area contributed by atoms with Gasteiger partial charge in [-0.3, -0.25) is 0 Å². The summed E-state index contributed by atoms with van der Waals surface area (Å²) < 4.78 is 16.4. The van der Waals surface area contributed by atoms with Crippen molar-refractivity contribution in [1.29, 1.82) is 0 Å². The summed E-state index contributed by atoms with van der Waals surface area (Å²) in [5, 5.41) is 0. The Labute approximate surface area is 87.0 Å². The Morgan fingerprint density at radius 3 is 2.21 bits per heavy atom. The third kappa shape index (κ3) is 5.25. The topological polar surface area (TPSA) is 27.7 Å². The van der Waals surface area contributed by atoms with Crippen LogP contribution in [-0.4, -0.2) is 25.6 Å². The number of hydrogen-bond acceptors (Lipinski definition) is 3. The standard InChI is InChI=1S/C11H22O3/c1-6-9(4)14-11(13-8-3)10(5)12-7-2/h6,10-11H,7-8H2,1-5H3. The number of ether oxygens (including phenoxy) is 3. The summed E-state index contributed by atoms with van der Waals surface area (Å²) in [7, 11) is 0. The highest BCUT2D eigenvalue weighted by atomic mass is 16.7. The lowest BCUT2D eigenvalue weighted by Crippen LogP contribution is -2.31. The fraction of sp³-hybridized carbons (Fsp3) is 0.818. The summed E-state index contributed by atoms with van der Waals surface area (Å²) in [5.41, 5.74) is 0. The Morgan fingerprint density at radius 1 is 1.21 bits per heavy atom. The molecule has 0 aliphatic heterocycles. The Balaban J connectivity index is 4.12. The van der Waals surface area contributed by atoms with Crippen molar-refractivity contribution < 1.29 is 14.2 Å². The summed E-state index contributed by atoms with van der Waals surface area (Å²) >= 11 is 0. The first kappa shape index (κ1) is 13.5. The van der Waals surface area contributed by atoms with Gasteiger partial charge in [-0.1, -0.05) is 0 Å². The van der Waals surface area contributed by atoms with Crippen molar-refractivity contribution in [2.24, 2.45) is 0 Å². The van der Waals surface area contributed by atoms with E-state index < -0.39 is 0 Å². The molecule has 0 rings (SSSR count). The van der Waals surface area contributed by atoms with Crippen LogP contribution < -0.4 is 0 Å². The SMILES string of the molecule is CC=C(C)OC(OCC)C(C)OCC. The second-order valence-corrected chi connectivity index (χ2v) is 3.00. The Hall–Kier alpha value is -0.540. The van der Waals surface area contributed by atoms with Crippen LogP contribution in [0.25, 0.3) is 0 Å². The summed E-state index contributed by atoms with van der Waals surface area (Å²) in [4.78, 5) is 0. The average molecular weight is 202 g/mol. The largest absolute Gasteiger partial charge is 0.467 e. The molecule has 0 saturated carbocycles. The number of allylic oxidation sites excluding steroid dienone is 2. The summed E-state index contributed by atoms with van der Waals surface area (Å²) in [6.45, 7) is 11.0. The van der Waals surface area contributed by atoms with Crippen LogP contribution in [0.3, 0.4) is 0 Å². The van der Waals surface area contributed by atoms with Crippen molar-refractivity contribution in [2.75, 3.05) is 13.2 Å². The van der Waals surface area contributed by atoms with E-state index in [4.69, 9.17) is 14.2 Å². The monoisotopic (exact) mass is 202 g/mol. The first-order valence-corrected chi connectivity index (χ1v) is 5.18. The minimum Gasteiger partial charge on any atom is -0.467 e. The minimum absolute atomic E-state index is 0.0464. The number of hydrogen-bond donors (Lipinski definition) is 0. The zero-order valence-corrected chi connectivity index (χ0v) is 9.87. The van der Waals surface area contributed by atoms with Crippen molar-refractivity contribution >= 4 is 0 Å². The van der Waals surface area contributed by atoms with Gasteiger partial charge >= 0.3 is 0 Å². The van der Waals surface area contributed by atoms with Crippen LogP contribution in [0.4, 0.5) is 0 Å². The van der Waals surface area contributed by atoms with Gasteiger partial charge in [-0.2, -0.15) is 0 Å². The van der Waals surface area contributed by atoms with E-state index in [-0.39, 0.29) is 12.4 Å². The molecule has 0 aliphatic rings. The second-order valence-electron chi connectivity index (χ2n) is 3.00. The Morgan fingerprint density at radius 2 is 1.79 bits per heavy atom. The molecule has 2 atom stereocenters. The third-order valence-electron chi connectivity index (χ3n) is 1.85. The second kappa shape index (κ2) is 7.83. The van der Waals surface area contributed by atoms with E-state index in [1.165, 1.54) is 0 Å². The fourth-order valence-corrected chi connectivity index (χ4v) is 1.02. The lowest BCUT2D eigenvalue weighted by atomic mass is 10.4. The lowest BCUT2D eigenvalue weighted by molar-refractivity contribution is -0.180. The van der Waals surface area contributed by atoms with Crippen molar-refractivity contribution in [3.05, 3.63) is 11.8 Å². The summed E-state index contributed by atoms with van der Waals surface area (Å²) in [5.74, 6) is 0.856. The maximum atomic E-state index is 5.57.